The van der Waals surface area contributed by atoms with E-state index in [1.54, 1.807) is 4.90 Å². The van der Waals surface area contributed by atoms with E-state index in [1.165, 1.54) is 24.3 Å². The van der Waals surface area contributed by atoms with Gasteiger partial charge in [0.15, 0.2) is 0 Å². The van der Waals surface area contributed by atoms with Crippen LogP contribution in [0.4, 0.5) is 11.4 Å². The van der Waals surface area contributed by atoms with E-state index in [0.29, 0.717) is 5.69 Å². The van der Waals surface area contributed by atoms with Gasteiger partial charge in [0, 0.05) is 31.3 Å². The third-order valence-electron chi connectivity index (χ3n) is 5.01. The third kappa shape index (κ3) is 4.68. The molecule has 3 amide bonds. The number of carbonyl (C=O) groups excluding carboxylic acids is 3. The van der Waals surface area contributed by atoms with Gasteiger partial charge in [-0.25, -0.2) is 13.1 Å². The van der Waals surface area contributed by atoms with Crippen LogP contribution in [0.3, 0.4) is 0 Å². The largest absolute Gasteiger partial charge is 0.326 e. The van der Waals surface area contributed by atoms with Crippen LogP contribution in [-0.2, 0) is 24.4 Å². The van der Waals surface area contributed by atoms with Crippen LogP contribution in [0.25, 0.3) is 0 Å². The van der Waals surface area contributed by atoms with E-state index in [2.05, 4.69) is 5.32 Å². The molecule has 2 N–H and O–H groups in total. The fraction of sp³-hybridized carbons (Fsp3) is 0.286. The van der Waals surface area contributed by atoms with Gasteiger partial charge in [-0.3, -0.25) is 14.4 Å². The minimum Gasteiger partial charge on any atom is -0.326 e. The maximum atomic E-state index is 12.6. The quantitative estimate of drug-likeness (QED) is 0.756. The number of amides is 3. The molecule has 1 aliphatic rings. The van der Waals surface area contributed by atoms with Crippen LogP contribution in [0.15, 0.2) is 47.4 Å². The predicted molar refractivity (Wildman–Crippen MR) is 112 cm³/mol. The zero-order chi connectivity index (χ0) is 22.1. The lowest BCUT2D eigenvalue weighted by Crippen LogP contribution is -2.28. The Bertz CT molecular complexity index is 1110. The molecule has 2 aromatic rings. The van der Waals surface area contributed by atoms with E-state index >= 15 is 0 Å². The molecule has 3 rings (SSSR count). The Morgan fingerprint density at radius 2 is 1.70 bits per heavy atom. The Labute approximate surface area is 175 Å². The van der Waals surface area contributed by atoms with Crippen LogP contribution >= 0.6 is 0 Å². The number of nitrogens with one attached hydrogen (secondary N) is 2. The van der Waals surface area contributed by atoms with Crippen LogP contribution in [0.1, 0.15) is 24.5 Å². The summed E-state index contributed by atoms with van der Waals surface area (Å²) in [5, 5.41) is 2.72. The Morgan fingerprint density at radius 3 is 2.30 bits per heavy atom. The van der Waals surface area contributed by atoms with E-state index in [4.69, 9.17) is 0 Å². The Morgan fingerprint density at radius 1 is 1.03 bits per heavy atom. The molecule has 1 fully saturated rings. The smallest absolute Gasteiger partial charge is 0.264 e. The zero-order valence-electron chi connectivity index (χ0n) is 16.9. The van der Waals surface area contributed by atoms with E-state index in [1.807, 2.05) is 36.8 Å². The summed E-state index contributed by atoms with van der Waals surface area (Å²) in [5.41, 5.74) is 3.37. The van der Waals surface area contributed by atoms with Gasteiger partial charge in [0.2, 0.25) is 17.7 Å². The molecule has 1 atom stereocenters. The molecule has 9 heteroatoms. The summed E-state index contributed by atoms with van der Waals surface area (Å²) in [6.07, 6.45) is 0.105. The molecular weight excluding hydrogens is 406 g/mol. The van der Waals surface area contributed by atoms with Gasteiger partial charge < -0.3 is 10.2 Å². The molecule has 0 aromatic heterocycles. The predicted octanol–water partition coefficient (Wildman–Crippen LogP) is 2.12. The number of nitrogens with zero attached hydrogens (tertiary/aromatic N) is 1. The topological polar surface area (TPSA) is 113 Å². The standard InChI is InChI=1S/C21H23N3O5S/c1-13-4-7-18(10-14(13)2)24-12-16(11-20(24)26)21(27)22-17-5-8-19(9-6-17)30(28,29)23-15(3)25/h4-10,16H,11-12H2,1-3H3,(H,22,27)(H,23,25)/t16-/m0/s1. The second kappa shape index (κ2) is 8.27. The van der Waals surface area contributed by atoms with Gasteiger partial charge in [-0.05, 0) is 61.4 Å². The molecule has 0 unspecified atom stereocenters. The molecule has 0 spiro atoms. The summed E-state index contributed by atoms with van der Waals surface area (Å²) in [5.74, 6) is -1.63. The van der Waals surface area contributed by atoms with Gasteiger partial charge >= 0.3 is 0 Å². The number of rotatable bonds is 5. The summed E-state index contributed by atoms with van der Waals surface area (Å²) in [6.45, 7) is 5.35. The van der Waals surface area contributed by atoms with E-state index in [-0.39, 0.29) is 29.7 Å². The van der Waals surface area contributed by atoms with Crippen molar-refractivity contribution >= 4 is 39.1 Å². The summed E-state index contributed by atoms with van der Waals surface area (Å²) in [7, 11) is -3.94. The van der Waals surface area contributed by atoms with Crippen molar-refractivity contribution in [1.29, 1.82) is 0 Å². The van der Waals surface area contributed by atoms with Gasteiger partial charge in [-0.15, -0.1) is 0 Å². The van der Waals surface area contributed by atoms with Crippen LogP contribution in [-0.4, -0.2) is 32.7 Å². The number of hydrogen-bond acceptors (Lipinski definition) is 5. The lowest BCUT2D eigenvalue weighted by Gasteiger charge is -2.18. The van der Waals surface area contributed by atoms with Crippen LogP contribution in [0, 0.1) is 19.8 Å². The van der Waals surface area contributed by atoms with E-state index in [9.17, 15) is 22.8 Å². The molecular formula is C21H23N3O5S. The average Bonchev–Trinajstić information content (AvgIpc) is 3.05. The van der Waals surface area contributed by atoms with Crippen LogP contribution in [0.5, 0.6) is 0 Å². The number of benzene rings is 2. The first-order chi connectivity index (χ1) is 14.1. The molecule has 1 aliphatic heterocycles. The van der Waals surface area contributed by atoms with E-state index < -0.39 is 21.8 Å². The van der Waals surface area contributed by atoms with Crippen molar-refractivity contribution in [3.8, 4) is 0 Å². The van der Waals surface area contributed by atoms with Crippen molar-refractivity contribution < 1.29 is 22.8 Å². The van der Waals surface area contributed by atoms with Gasteiger partial charge in [0.05, 0.1) is 10.8 Å². The van der Waals surface area contributed by atoms with Gasteiger partial charge in [0.1, 0.15) is 0 Å². The average molecular weight is 429 g/mol. The maximum absolute atomic E-state index is 12.6. The zero-order valence-corrected chi connectivity index (χ0v) is 17.7. The highest BCUT2D eigenvalue weighted by Gasteiger charge is 2.35. The summed E-state index contributed by atoms with van der Waals surface area (Å²) >= 11 is 0. The van der Waals surface area contributed by atoms with Crippen LogP contribution in [0.2, 0.25) is 0 Å². The first kappa shape index (κ1) is 21.5. The second-order valence-corrected chi connectivity index (χ2v) is 9.03. The highest BCUT2D eigenvalue weighted by atomic mass is 32.2. The normalized spacial score (nSPS) is 16.4. The van der Waals surface area contributed by atoms with E-state index in [0.717, 1.165) is 23.7 Å². The molecule has 0 aliphatic carbocycles. The van der Waals surface area contributed by atoms with Crippen molar-refractivity contribution in [3.63, 3.8) is 0 Å². The molecule has 0 bridgehead atoms. The second-order valence-electron chi connectivity index (χ2n) is 7.35. The number of anilines is 2. The van der Waals surface area contributed by atoms with Crippen molar-refractivity contribution in [2.45, 2.75) is 32.1 Å². The minimum absolute atomic E-state index is 0.0901. The molecule has 0 radical (unpaired) electrons. The van der Waals surface area contributed by atoms with Gasteiger partial charge in [0.25, 0.3) is 10.0 Å². The molecule has 30 heavy (non-hydrogen) atoms. The highest BCUT2D eigenvalue weighted by Crippen LogP contribution is 2.27. The monoisotopic (exact) mass is 429 g/mol. The fourth-order valence-corrected chi connectivity index (χ4v) is 4.23. The first-order valence-corrected chi connectivity index (χ1v) is 10.9. The van der Waals surface area contributed by atoms with Crippen LogP contribution < -0.4 is 14.9 Å². The molecule has 158 valence electrons. The van der Waals surface area contributed by atoms with Crippen molar-refractivity contribution in [2.75, 3.05) is 16.8 Å². The number of carbonyl (C=O) groups is 3. The third-order valence-corrected chi connectivity index (χ3v) is 6.46. The van der Waals surface area contributed by atoms with Crippen molar-refractivity contribution in [2.24, 2.45) is 5.92 Å². The number of aryl methyl sites for hydroxylation is 2. The number of hydrogen-bond donors (Lipinski definition) is 2. The maximum Gasteiger partial charge on any atom is 0.264 e. The van der Waals surface area contributed by atoms with Crippen molar-refractivity contribution in [3.05, 3.63) is 53.6 Å². The highest BCUT2D eigenvalue weighted by molar-refractivity contribution is 7.90. The Hall–Kier alpha value is -3.20. The van der Waals surface area contributed by atoms with Crippen molar-refractivity contribution in [1.82, 2.24) is 4.72 Å². The minimum atomic E-state index is -3.94. The SMILES string of the molecule is CC(=O)NS(=O)(=O)c1ccc(NC(=O)[C@H]2CC(=O)N(c3ccc(C)c(C)c3)C2)cc1. The lowest BCUT2D eigenvalue weighted by atomic mass is 10.1. The molecule has 0 saturated carbocycles. The lowest BCUT2D eigenvalue weighted by molar-refractivity contribution is -0.122. The number of sulfonamides is 1. The van der Waals surface area contributed by atoms with Gasteiger partial charge in [-0.2, -0.15) is 0 Å². The van der Waals surface area contributed by atoms with Gasteiger partial charge in [-0.1, -0.05) is 6.07 Å². The fourth-order valence-electron chi connectivity index (χ4n) is 3.24. The Balaban J connectivity index is 1.67. The molecule has 2 aromatic carbocycles. The molecule has 1 heterocycles. The molecule has 8 nitrogen and oxygen atoms in total. The Kier molecular flexibility index (Phi) is 5.93. The molecule has 1 saturated heterocycles. The first-order valence-electron chi connectivity index (χ1n) is 9.39. The summed E-state index contributed by atoms with van der Waals surface area (Å²) in [6, 6.07) is 11.2. The summed E-state index contributed by atoms with van der Waals surface area (Å²) in [4.78, 5) is 37.6. The summed E-state index contributed by atoms with van der Waals surface area (Å²) < 4.78 is 25.8.